The number of nitrogens with one attached hydrogen (secondary N) is 2. The molecule has 2 aromatic carbocycles. The zero-order valence-electron chi connectivity index (χ0n) is 15.3. The molecular formula is C18H15N3O7S. The number of thiocarbonyl (C=S) groups is 1. The van der Waals surface area contributed by atoms with Crippen molar-refractivity contribution in [2.45, 2.75) is 0 Å². The van der Waals surface area contributed by atoms with Gasteiger partial charge in [0.1, 0.15) is 0 Å². The summed E-state index contributed by atoms with van der Waals surface area (Å²) in [4.78, 5) is 45.9. The summed E-state index contributed by atoms with van der Waals surface area (Å²) in [7, 11) is 2.38. The van der Waals surface area contributed by atoms with Gasteiger partial charge in [-0.15, -0.1) is 0 Å². The van der Waals surface area contributed by atoms with E-state index in [1.165, 1.54) is 56.7 Å². The second-order valence-electron chi connectivity index (χ2n) is 5.49. The Labute approximate surface area is 170 Å². The fourth-order valence-corrected chi connectivity index (χ4v) is 2.45. The van der Waals surface area contributed by atoms with Crippen LogP contribution in [0.5, 0.6) is 0 Å². The lowest BCUT2D eigenvalue weighted by Gasteiger charge is -2.12. The largest absolute Gasteiger partial charge is 0.465 e. The number of benzene rings is 2. The van der Waals surface area contributed by atoms with Crippen LogP contribution in [-0.4, -0.2) is 42.1 Å². The van der Waals surface area contributed by atoms with Crippen LogP contribution in [0.3, 0.4) is 0 Å². The molecule has 2 aromatic rings. The Kier molecular flexibility index (Phi) is 6.93. The van der Waals surface area contributed by atoms with Crippen LogP contribution in [0, 0.1) is 10.1 Å². The first-order valence-electron chi connectivity index (χ1n) is 7.93. The number of hydrogen-bond donors (Lipinski definition) is 2. The van der Waals surface area contributed by atoms with Gasteiger partial charge < -0.3 is 14.8 Å². The monoisotopic (exact) mass is 417 g/mol. The van der Waals surface area contributed by atoms with Crippen LogP contribution in [-0.2, 0) is 9.47 Å². The van der Waals surface area contributed by atoms with Gasteiger partial charge in [0, 0.05) is 23.4 Å². The molecule has 2 N–H and O–H groups in total. The summed E-state index contributed by atoms with van der Waals surface area (Å²) in [6.07, 6.45) is 0. The van der Waals surface area contributed by atoms with Crippen molar-refractivity contribution in [3.8, 4) is 0 Å². The molecule has 29 heavy (non-hydrogen) atoms. The summed E-state index contributed by atoms with van der Waals surface area (Å²) >= 11 is 5.07. The number of nitrogens with zero attached hydrogens (tertiary/aromatic N) is 1. The minimum Gasteiger partial charge on any atom is -0.465 e. The molecular weight excluding hydrogens is 402 g/mol. The van der Waals surface area contributed by atoms with E-state index in [9.17, 15) is 24.5 Å². The van der Waals surface area contributed by atoms with Gasteiger partial charge in [-0.3, -0.25) is 20.2 Å². The number of carbonyl (C=O) groups excluding carboxylic acids is 3. The van der Waals surface area contributed by atoms with E-state index < -0.39 is 22.8 Å². The average Bonchev–Trinajstić information content (AvgIpc) is 2.72. The second kappa shape index (κ2) is 9.37. The summed E-state index contributed by atoms with van der Waals surface area (Å²) in [5, 5.41) is 15.6. The van der Waals surface area contributed by atoms with E-state index in [0.29, 0.717) is 0 Å². The van der Waals surface area contributed by atoms with Crippen LogP contribution in [0.2, 0.25) is 0 Å². The van der Waals surface area contributed by atoms with Crippen molar-refractivity contribution >= 4 is 46.6 Å². The fourth-order valence-electron chi connectivity index (χ4n) is 2.24. The van der Waals surface area contributed by atoms with Gasteiger partial charge in [-0.25, -0.2) is 9.59 Å². The standard InChI is InChI=1S/C18H15N3O7S/c1-27-16(23)11-7-12(17(24)28-2)9-13(8-11)19-18(29)20-15(22)10-3-5-14(6-4-10)21(25)26/h3-9H,1-2H3,(H2,19,20,22,29). The third kappa shape index (κ3) is 5.56. The molecule has 11 heteroatoms. The van der Waals surface area contributed by atoms with Crippen molar-refractivity contribution in [1.29, 1.82) is 0 Å². The van der Waals surface area contributed by atoms with Gasteiger partial charge in [-0.05, 0) is 42.5 Å². The molecule has 0 aromatic heterocycles. The van der Waals surface area contributed by atoms with Gasteiger partial charge in [0.15, 0.2) is 5.11 Å². The SMILES string of the molecule is COC(=O)c1cc(NC(=S)NC(=O)c2ccc([N+](=O)[O-])cc2)cc(C(=O)OC)c1. The van der Waals surface area contributed by atoms with Crippen LogP contribution in [0.25, 0.3) is 0 Å². The summed E-state index contributed by atoms with van der Waals surface area (Å²) in [6.45, 7) is 0. The lowest BCUT2D eigenvalue weighted by molar-refractivity contribution is -0.384. The second-order valence-corrected chi connectivity index (χ2v) is 5.90. The fraction of sp³-hybridized carbons (Fsp3) is 0.111. The number of hydrogen-bond acceptors (Lipinski definition) is 8. The van der Waals surface area contributed by atoms with Crippen LogP contribution < -0.4 is 10.6 Å². The van der Waals surface area contributed by atoms with Crippen molar-refractivity contribution in [1.82, 2.24) is 5.32 Å². The molecule has 150 valence electrons. The molecule has 0 fully saturated rings. The number of esters is 2. The van der Waals surface area contributed by atoms with Crippen molar-refractivity contribution in [3.63, 3.8) is 0 Å². The third-order valence-corrected chi connectivity index (χ3v) is 3.80. The molecule has 0 bridgehead atoms. The highest BCUT2D eigenvalue weighted by Crippen LogP contribution is 2.17. The van der Waals surface area contributed by atoms with E-state index >= 15 is 0 Å². The molecule has 0 radical (unpaired) electrons. The molecule has 0 aliphatic heterocycles. The van der Waals surface area contributed by atoms with Gasteiger partial charge in [0.2, 0.25) is 0 Å². The summed E-state index contributed by atoms with van der Waals surface area (Å²) in [6, 6.07) is 8.99. The Morgan fingerprint density at radius 3 is 1.90 bits per heavy atom. The molecule has 1 amide bonds. The molecule has 0 heterocycles. The van der Waals surface area contributed by atoms with Crippen molar-refractivity contribution < 1.29 is 28.8 Å². The van der Waals surface area contributed by atoms with E-state index in [0.717, 1.165) is 0 Å². The summed E-state index contributed by atoms with van der Waals surface area (Å²) in [5.74, 6) is -1.96. The van der Waals surface area contributed by atoms with Gasteiger partial charge in [0.05, 0.1) is 30.3 Å². The normalized spacial score (nSPS) is 9.86. The number of nitro groups is 1. The first kappa shape index (κ1) is 21.4. The Morgan fingerprint density at radius 1 is 0.931 bits per heavy atom. The van der Waals surface area contributed by atoms with E-state index in [1.54, 1.807) is 0 Å². The molecule has 2 rings (SSSR count). The minimum absolute atomic E-state index is 0.0717. The van der Waals surface area contributed by atoms with Gasteiger partial charge in [0.25, 0.3) is 11.6 Å². The summed E-state index contributed by atoms with van der Waals surface area (Å²) < 4.78 is 9.29. The zero-order valence-corrected chi connectivity index (χ0v) is 16.1. The molecule has 0 atom stereocenters. The number of methoxy groups -OCH3 is 2. The van der Waals surface area contributed by atoms with Crippen LogP contribution >= 0.6 is 12.2 Å². The molecule has 0 unspecified atom stereocenters. The number of ether oxygens (including phenoxy) is 2. The Balaban J connectivity index is 2.16. The molecule has 0 aliphatic rings. The van der Waals surface area contributed by atoms with Crippen molar-refractivity contribution in [3.05, 3.63) is 69.3 Å². The molecule has 0 saturated carbocycles. The zero-order chi connectivity index (χ0) is 21.6. The highest BCUT2D eigenvalue weighted by atomic mass is 32.1. The maximum absolute atomic E-state index is 12.2. The summed E-state index contributed by atoms with van der Waals surface area (Å²) in [5.41, 5.74) is 0.377. The first-order valence-corrected chi connectivity index (χ1v) is 8.34. The van der Waals surface area contributed by atoms with E-state index in [1.807, 2.05) is 0 Å². The van der Waals surface area contributed by atoms with Crippen LogP contribution in [0.1, 0.15) is 31.1 Å². The Morgan fingerprint density at radius 2 is 1.45 bits per heavy atom. The van der Waals surface area contributed by atoms with Gasteiger partial charge >= 0.3 is 11.9 Å². The van der Waals surface area contributed by atoms with Gasteiger partial charge in [-0.2, -0.15) is 0 Å². The van der Waals surface area contributed by atoms with E-state index in [-0.39, 0.29) is 33.2 Å². The third-order valence-electron chi connectivity index (χ3n) is 3.60. The lowest BCUT2D eigenvalue weighted by atomic mass is 10.1. The quantitative estimate of drug-likeness (QED) is 0.325. The molecule has 0 aliphatic carbocycles. The Bertz CT molecular complexity index is 955. The highest BCUT2D eigenvalue weighted by molar-refractivity contribution is 7.80. The van der Waals surface area contributed by atoms with Gasteiger partial charge in [-0.1, -0.05) is 0 Å². The lowest BCUT2D eigenvalue weighted by Crippen LogP contribution is -2.34. The number of nitro benzene ring substituents is 1. The van der Waals surface area contributed by atoms with Crippen molar-refractivity contribution in [2.24, 2.45) is 0 Å². The average molecular weight is 417 g/mol. The van der Waals surface area contributed by atoms with E-state index in [4.69, 9.17) is 12.2 Å². The minimum atomic E-state index is -0.681. The predicted molar refractivity (Wildman–Crippen MR) is 106 cm³/mol. The Hall–Kier alpha value is -3.86. The van der Waals surface area contributed by atoms with E-state index in [2.05, 4.69) is 20.1 Å². The molecule has 0 saturated heterocycles. The maximum atomic E-state index is 12.2. The molecule has 0 spiro atoms. The smallest absolute Gasteiger partial charge is 0.337 e. The van der Waals surface area contributed by atoms with Crippen molar-refractivity contribution in [2.75, 3.05) is 19.5 Å². The number of anilines is 1. The topological polar surface area (TPSA) is 137 Å². The van der Waals surface area contributed by atoms with Crippen LogP contribution in [0.15, 0.2) is 42.5 Å². The first-order chi connectivity index (χ1) is 13.7. The number of amides is 1. The highest BCUT2D eigenvalue weighted by Gasteiger charge is 2.15. The number of rotatable bonds is 5. The van der Waals surface area contributed by atoms with Crippen LogP contribution in [0.4, 0.5) is 11.4 Å². The number of non-ortho nitro benzene ring substituents is 1. The molecule has 10 nitrogen and oxygen atoms in total. The maximum Gasteiger partial charge on any atom is 0.337 e. The predicted octanol–water partition coefficient (Wildman–Crippen LogP) is 2.29. The number of carbonyl (C=O) groups is 3.